The van der Waals surface area contributed by atoms with E-state index >= 15 is 0 Å². The number of carbonyl (C=O) groups excluding carboxylic acids is 1. The molecule has 3 unspecified atom stereocenters. The van der Waals surface area contributed by atoms with Gasteiger partial charge in [0.15, 0.2) is 6.29 Å². The molecular weight excluding hydrogens is 336 g/mol. The summed E-state index contributed by atoms with van der Waals surface area (Å²) in [6.45, 7) is 6.45. The summed E-state index contributed by atoms with van der Waals surface area (Å²) < 4.78 is 15.8. The highest BCUT2D eigenvalue weighted by Gasteiger charge is 2.33. The van der Waals surface area contributed by atoms with Gasteiger partial charge in [0.05, 0.1) is 13.2 Å². The molecule has 5 heteroatoms. The van der Waals surface area contributed by atoms with E-state index < -0.39 is 0 Å². The van der Waals surface area contributed by atoms with Gasteiger partial charge in [0.1, 0.15) is 16.3 Å². The van der Waals surface area contributed by atoms with Gasteiger partial charge in [-0.15, -0.1) is 0 Å². The van der Waals surface area contributed by atoms with Gasteiger partial charge in [-0.25, -0.2) is 0 Å². The van der Waals surface area contributed by atoms with Crippen LogP contribution in [0.4, 0.5) is 0 Å². The molecule has 3 atom stereocenters. The van der Waals surface area contributed by atoms with Crippen LogP contribution in [0.25, 0.3) is 0 Å². The van der Waals surface area contributed by atoms with Crippen LogP contribution in [-0.2, 0) is 18.1 Å². The topological polar surface area (TPSA) is 44.8 Å². The number of methoxy groups -OCH3 is 1. The summed E-state index contributed by atoms with van der Waals surface area (Å²) in [5.41, 5.74) is 1.24. The second-order valence-corrected chi connectivity index (χ2v) is 5.98. The molecule has 0 spiro atoms. The largest absolute Gasteiger partial charge is 0.469 e. The number of unbranched alkanes of at least 4 members (excludes halogenated alkanes) is 2. The third-order valence-electron chi connectivity index (χ3n) is 4.07. The van der Waals surface area contributed by atoms with Crippen molar-refractivity contribution in [1.29, 1.82) is 0 Å². The second kappa shape index (κ2) is 10.4. The molecule has 1 fully saturated rings. The number of ether oxygens (including phenoxy) is 2. The molecule has 0 bridgehead atoms. The lowest BCUT2D eigenvalue weighted by Crippen LogP contribution is -2.36. The van der Waals surface area contributed by atoms with Gasteiger partial charge in [-0.1, -0.05) is 31.9 Å². The van der Waals surface area contributed by atoms with Crippen LogP contribution < -0.4 is 0 Å². The minimum atomic E-state index is -0.243. The van der Waals surface area contributed by atoms with Crippen molar-refractivity contribution < 1.29 is 18.1 Å². The van der Waals surface area contributed by atoms with Crippen LogP contribution in [-0.4, -0.2) is 25.5 Å². The fourth-order valence-electron chi connectivity index (χ4n) is 2.81. The van der Waals surface area contributed by atoms with E-state index in [0.717, 1.165) is 19.3 Å². The Hall–Kier alpha value is -0.390. The van der Waals surface area contributed by atoms with Crippen LogP contribution in [0.5, 0.6) is 0 Å². The van der Waals surface area contributed by atoms with Crippen LogP contribution in [0.3, 0.4) is 0 Å². The number of carbonyl (C=O) groups is 1. The van der Waals surface area contributed by atoms with E-state index in [-0.39, 0.29) is 18.4 Å². The van der Waals surface area contributed by atoms with Crippen molar-refractivity contribution in [2.45, 2.75) is 70.7 Å². The zero-order valence-corrected chi connectivity index (χ0v) is 14.7. The summed E-state index contributed by atoms with van der Waals surface area (Å²) in [5.74, 6) is 0.112. The molecule has 1 rings (SSSR count). The summed E-state index contributed by atoms with van der Waals surface area (Å²) in [7, 11) is 1.41. The van der Waals surface area contributed by atoms with Gasteiger partial charge >= 0.3 is 5.97 Å². The number of halogens is 1. The average molecular weight is 363 g/mol. The van der Waals surface area contributed by atoms with Crippen molar-refractivity contribution in [3.63, 3.8) is 0 Å². The molecule has 0 aliphatic carbocycles. The Bertz CT molecular complexity index is 332. The molecule has 21 heavy (non-hydrogen) atoms. The summed E-state index contributed by atoms with van der Waals surface area (Å²) >= 11 is 3.00. The molecule has 0 aromatic rings. The first-order valence-electron chi connectivity index (χ1n) is 7.79. The van der Waals surface area contributed by atoms with Gasteiger partial charge < -0.3 is 9.47 Å². The summed E-state index contributed by atoms with van der Waals surface area (Å²) in [5, 5.41) is 0. The Morgan fingerprint density at radius 1 is 1.33 bits per heavy atom. The Morgan fingerprint density at radius 2 is 2.10 bits per heavy atom. The molecule has 0 aromatic heterocycles. The molecule has 0 N–H and O–H groups in total. The van der Waals surface area contributed by atoms with Crippen molar-refractivity contribution >= 4 is 22.2 Å². The molecule has 1 saturated heterocycles. The van der Waals surface area contributed by atoms with E-state index in [4.69, 9.17) is 13.3 Å². The molecule has 0 aromatic carbocycles. The standard InChI is InChI=1S/C16H27BrO4/c1-4-5-6-7-12(2)13-8-11-16(21-17)20-14(13)9-10-15(18)19-3/h13-14,16H,2,4-11H2,1,3H3. The molecule has 122 valence electrons. The smallest absolute Gasteiger partial charge is 0.305 e. The molecule has 0 saturated carbocycles. The molecule has 1 heterocycles. The van der Waals surface area contributed by atoms with E-state index in [9.17, 15) is 4.79 Å². The van der Waals surface area contributed by atoms with E-state index in [2.05, 4.69) is 29.8 Å². The maximum Gasteiger partial charge on any atom is 0.305 e. The average Bonchev–Trinajstić information content (AvgIpc) is 2.52. The Labute approximate surface area is 136 Å². The highest BCUT2D eigenvalue weighted by molar-refractivity contribution is 9.06. The molecular formula is C16H27BrO4. The first-order valence-corrected chi connectivity index (χ1v) is 8.44. The van der Waals surface area contributed by atoms with Gasteiger partial charge in [-0.3, -0.25) is 8.62 Å². The normalized spacial score (nSPS) is 25.6. The van der Waals surface area contributed by atoms with Crippen molar-refractivity contribution in [3.8, 4) is 0 Å². The van der Waals surface area contributed by atoms with E-state index in [1.54, 1.807) is 0 Å². The lowest BCUT2D eigenvalue weighted by atomic mass is 9.83. The van der Waals surface area contributed by atoms with Crippen molar-refractivity contribution in [1.82, 2.24) is 0 Å². The Morgan fingerprint density at radius 3 is 2.71 bits per heavy atom. The summed E-state index contributed by atoms with van der Waals surface area (Å²) in [4.78, 5) is 11.4. The first kappa shape index (κ1) is 18.7. The number of rotatable bonds is 9. The SMILES string of the molecule is C=C(CCCCC)C1CCC(OBr)OC1CCC(=O)OC. The maximum absolute atomic E-state index is 11.4. The zero-order chi connectivity index (χ0) is 15.7. The van der Waals surface area contributed by atoms with Gasteiger partial charge in [0, 0.05) is 18.8 Å². The van der Waals surface area contributed by atoms with E-state index in [1.807, 2.05) is 0 Å². The molecule has 0 radical (unpaired) electrons. The van der Waals surface area contributed by atoms with Crippen LogP contribution >= 0.6 is 16.3 Å². The van der Waals surface area contributed by atoms with Gasteiger partial charge in [0.2, 0.25) is 0 Å². The Balaban J connectivity index is 2.55. The molecule has 1 aliphatic rings. The minimum absolute atomic E-state index is 0.0190. The van der Waals surface area contributed by atoms with Crippen molar-refractivity contribution in [2.75, 3.05) is 7.11 Å². The third-order valence-corrected chi connectivity index (χ3v) is 4.49. The van der Waals surface area contributed by atoms with Gasteiger partial charge in [0.25, 0.3) is 0 Å². The van der Waals surface area contributed by atoms with Crippen LogP contribution in [0.15, 0.2) is 12.2 Å². The number of hydrogen-bond acceptors (Lipinski definition) is 4. The minimum Gasteiger partial charge on any atom is -0.469 e. The predicted molar refractivity (Wildman–Crippen MR) is 85.9 cm³/mol. The molecule has 1 aliphatic heterocycles. The van der Waals surface area contributed by atoms with Gasteiger partial charge in [-0.2, -0.15) is 0 Å². The lowest BCUT2D eigenvalue weighted by molar-refractivity contribution is -0.160. The predicted octanol–water partition coefficient (Wildman–Crippen LogP) is 4.52. The summed E-state index contributed by atoms with van der Waals surface area (Å²) in [6.07, 6.45) is 7.24. The highest BCUT2D eigenvalue weighted by atomic mass is 79.9. The van der Waals surface area contributed by atoms with E-state index in [1.165, 1.54) is 31.9 Å². The molecule has 0 amide bonds. The van der Waals surface area contributed by atoms with Crippen molar-refractivity contribution in [2.24, 2.45) is 5.92 Å². The zero-order valence-electron chi connectivity index (χ0n) is 13.1. The monoisotopic (exact) mass is 362 g/mol. The number of esters is 1. The first-order chi connectivity index (χ1) is 10.1. The van der Waals surface area contributed by atoms with Crippen molar-refractivity contribution in [3.05, 3.63) is 12.2 Å². The quantitative estimate of drug-likeness (QED) is 0.343. The lowest BCUT2D eigenvalue weighted by Gasteiger charge is -2.36. The van der Waals surface area contributed by atoms with Crippen LogP contribution in [0.1, 0.15) is 58.3 Å². The fourth-order valence-corrected chi connectivity index (χ4v) is 3.09. The highest BCUT2D eigenvalue weighted by Crippen LogP contribution is 2.35. The van der Waals surface area contributed by atoms with Crippen LogP contribution in [0, 0.1) is 5.92 Å². The second-order valence-electron chi connectivity index (χ2n) is 5.61. The Kier molecular flexibility index (Phi) is 9.20. The number of hydrogen-bond donors (Lipinski definition) is 0. The third kappa shape index (κ3) is 6.49. The van der Waals surface area contributed by atoms with Crippen LogP contribution in [0.2, 0.25) is 0 Å². The molecule has 4 nitrogen and oxygen atoms in total. The van der Waals surface area contributed by atoms with Gasteiger partial charge in [-0.05, 0) is 25.7 Å². The van der Waals surface area contributed by atoms with E-state index in [0.29, 0.717) is 18.8 Å². The maximum atomic E-state index is 11.4. The summed E-state index contributed by atoms with van der Waals surface area (Å²) in [6, 6.07) is 0. The fraction of sp³-hybridized carbons (Fsp3) is 0.812.